The SMILES string of the molecule is CCC(=O)Nc1ccc(C(N)CCCC(=O)O)cc1. The van der Waals surface area contributed by atoms with Crippen molar-refractivity contribution in [2.45, 2.75) is 38.6 Å². The van der Waals surface area contributed by atoms with E-state index in [1.54, 1.807) is 19.1 Å². The molecule has 0 radical (unpaired) electrons. The second-order valence-corrected chi connectivity index (χ2v) is 4.42. The number of carbonyl (C=O) groups is 2. The van der Waals surface area contributed by atoms with Crippen molar-refractivity contribution >= 4 is 17.6 Å². The molecule has 0 aromatic heterocycles. The number of nitrogens with two attached hydrogens (primary N) is 1. The lowest BCUT2D eigenvalue weighted by Gasteiger charge is -2.12. The smallest absolute Gasteiger partial charge is 0.303 e. The maximum absolute atomic E-state index is 11.2. The predicted molar refractivity (Wildman–Crippen MR) is 73.8 cm³/mol. The Hall–Kier alpha value is -1.88. The first kappa shape index (κ1) is 15.2. The van der Waals surface area contributed by atoms with E-state index in [0.717, 1.165) is 11.3 Å². The highest BCUT2D eigenvalue weighted by atomic mass is 16.4. The average molecular weight is 264 g/mol. The molecule has 1 amide bonds. The molecule has 104 valence electrons. The number of carboxylic acid groups (broad SMARTS) is 1. The number of benzene rings is 1. The third-order valence-electron chi connectivity index (χ3n) is 2.85. The molecule has 1 atom stereocenters. The molecule has 4 N–H and O–H groups in total. The van der Waals surface area contributed by atoms with Gasteiger partial charge >= 0.3 is 5.97 Å². The second kappa shape index (κ2) is 7.53. The first-order valence-corrected chi connectivity index (χ1v) is 6.40. The van der Waals surface area contributed by atoms with E-state index < -0.39 is 5.97 Å². The first-order valence-electron chi connectivity index (χ1n) is 6.40. The molecule has 0 aliphatic heterocycles. The molecule has 0 aliphatic rings. The van der Waals surface area contributed by atoms with Crippen molar-refractivity contribution in [1.82, 2.24) is 0 Å². The van der Waals surface area contributed by atoms with Gasteiger partial charge in [0.1, 0.15) is 0 Å². The Morgan fingerprint density at radius 1 is 1.32 bits per heavy atom. The molecular formula is C14H20N2O3. The summed E-state index contributed by atoms with van der Waals surface area (Å²) in [6.07, 6.45) is 1.77. The van der Waals surface area contributed by atoms with Crippen LogP contribution >= 0.6 is 0 Å². The highest BCUT2D eigenvalue weighted by Gasteiger charge is 2.07. The number of aliphatic carboxylic acids is 1. The lowest BCUT2D eigenvalue weighted by Crippen LogP contribution is -2.12. The van der Waals surface area contributed by atoms with Crippen molar-refractivity contribution in [2.24, 2.45) is 5.73 Å². The van der Waals surface area contributed by atoms with Crippen LogP contribution in [0, 0.1) is 0 Å². The number of carbonyl (C=O) groups excluding carboxylic acids is 1. The van der Waals surface area contributed by atoms with Gasteiger partial charge in [0.05, 0.1) is 0 Å². The third-order valence-corrected chi connectivity index (χ3v) is 2.85. The summed E-state index contributed by atoms with van der Waals surface area (Å²) in [5.74, 6) is -0.830. The highest BCUT2D eigenvalue weighted by Crippen LogP contribution is 2.19. The van der Waals surface area contributed by atoms with E-state index in [2.05, 4.69) is 5.32 Å². The van der Waals surface area contributed by atoms with Crippen molar-refractivity contribution < 1.29 is 14.7 Å². The van der Waals surface area contributed by atoms with Gasteiger partial charge < -0.3 is 16.2 Å². The van der Waals surface area contributed by atoms with Gasteiger partial charge in [-0.1, -0.05) is 19.1 Å². The molecule has 0 bridgehead atoms. The van der Waals surface area contributed by atoms with E-state index in [1.165, 1.54) is 0 Å². The van der Waals surface area contributed by atoms with Crippen LogP contribution in [0.15, 0.2) is 24.3 Å². The standard InChI is InChI=1S/C14H20N2O3/c1-2-13(17)16-11-8-6-10(7-9-11)12(15)4-3-5-14(18)19/h6-9,12H,2-5,15H2,1H3,(H,16,17)(H,18,19). The Morgan fingerprint density at radius 2 is 1.95 bits per heavy atom. The number of nitrogens with one attached hydrogen (secondary N) is 1. The van der Waals surface area contributed by atoms with Crippen LogP contribution in [0.5, 0.6) is 0 Å². The lowest BCUT2D eigenvalue weighted by atomic mass is 10.0. The summed E-state index contributed by atoms with van der Waals surface area (Å²) in [4.78, 5) is 21.6. The van der Waals surface area contributed by atoms with Crippen LogP contribution in [0.25, 0.3) is 0 Å². The fraction of sp³-hybridized carbons (Fsp3) is 0.429. The molecule has 0 heterocycles. The van der Waals surface area contributed by atoms with Crippen LogP contribution < -0.4 is 11.1 Å². The molecule has 0 saturated carbocycles. The van der Waals surface area contributed by atoms with Crippen LogP contribution in [0.4, 0.5) is 5.69 Å². The number of hydrogen-bond donors (Lipinski definition) is 3. The first-order chi connectivity index (χ1) is 9.02. The quantitative estimate of drug-likeness (QED) is 0.704. The normalized spacial score (nSPS) is 11.9. The number of carboxylic acids is 1. The molecule has 0 aliphatic carbocycles. The highest BCUT2D eigenvalue weighted by molar-refractivity contribution is 5.90. The van der Waals surface area contributed by atoms with Crippen molar-refractivity contribution in [3.63, 3.8) is 0 Å². The van der Waals surface area contributed by atoms with Crippen LogP contribution in [0.3, 0.4) is 0 Å². The minimum Gasteiger partial charge on any atom is -0.481 e. The van der Waals surface area contributed by atoms with Crippen LogP contribution in [0.2, 0.25) is 0 Å². The Morgan fingerprint density at radius 3 is 2.47 bits per heavy atom. The zero-order chi connectivity index (χ0) is 14.3. The van der Waals surface area contributed by atoms with Crippen molar-refractivity contribution in [3.8, 4) is 0 Å². The largest absolute Gasteiger partial charge is 0.481 e. The van der Waals surface area contributed by atoms with Crippen LogP contribution in [-0.4, -0.2) is 17.0 Å². The van der Waals surface area contributed by atoms with E-state index in [4.69, 9.17) is 10.8 Å². The molecule has 1 unspecified atom stereocenters. The van der Waals surface area contributed by atoms with E-state index in [0.29, 0.717) is 19.3 Å². The Balaban J connectivity index is 2.50. The van der Waals surface area contributed by atoms with Gasteiger partial charge in [0.25, 0.3) is 0 Å². The van der Waals surface area contributed by atoms with E-state index >= 15 is 0 Å². The number of amides is 1. The molecule has 1 aromatic carbocycles. The fourth-order valence-corrected chi connectivity index (χ4v) is 1.70. The molecule has 0 spiro atoms. The van der Waals surface area contributed by atoms with E-state index in [9.17, 15) is 9.59 Å². The summed E-state index contributed by atoms with van der Waals surface area (Å²) in [6.45, 7) is 1.79. The second-order valence-electron chi connectivity index (χ2n) is 4.42. The molecule has 0 fully saturated rings. The van der Waals surface area contributed by atoms with Gasteiger partial charge in [-0.2, -0.15) is 0 Å². The fourth-order valence-electron chi connectivity index (χ4n) is 1.70. The van der Waals surface area contributed by atoms with Crippen molar-refractivity contribution in [2.75, 3.05) is 5.32 Å². The summed E-state index contributed by atoms with van der Waals surface area (Å²) >= 11 is 0. The van der Waals surface area contributed by atoms with Gasteiger partial charge in [0.15, 0.2) is 0 Å². The number of anilines is 1. The molecule has 1 aromatic rings. The average Bonchev–Trinajstić information content (AvgIpc) is 2.38. The Bertz CT molecular complexity index is 429. The molecular weight excluding hydrogens is 244 g/mol. The summed E-state index contributed by atoms with van der Waals surface area (Å²) in [6, 6.07) is 7.16. The number of rotatable bonds is 7. The Labute approximate surface area is 112 Å². The molecule has 1 rings (SSSR count). The maximum atomic E-state index is 11.2. The van der Waals surface area contributed by atoms with Crippen molar-refractivity contribution in [3.05, 3.63) is 29.8 Å². The lowest BCUT2D eigenvalue weighted by molar-refractivity contribution is -0.137. The topological polar surface area (TPSA) is 92.4 Å². The van der Waals surface area contributed by atoms with E-state index in [-0.39, 0.29) is 18.4 Å². The van der Waals surface area contributed by atoms with Crippen LogP contribution in [0.1, 0.15) is 44.2 Å². The minimum atomic E-state index is -0.801. The molecule has 0 saturated heterocycles. The summed E-state index contributed by atoms with van der Waals surface area (Å²) < 4.78 is 0. The molecule has 5 heteroatoms. The van der Waals surface area contributed by atoms with Gasteiger partial charge in [0, 0.05) is 24.6 Å². The van der Waals surface area contributed by atoms with Gasteiger partial charge in [-0.25, -0.2) is 0 Å². The monoisotopic (exact) mass is 264 g/mol. The predicted octanol–water partition coefficient (Wildman–Crippen LogP) is 2.29. The van der Waals surface area contributed by atoms with Crippen LogP contribution in [-0.2, 0) is 9.59 Å². The summed E-state index contributed by atoms with van der Waals surface area (Å²) in [5, 5.41) is 11.3. The zero-order valence-electron chi connectivity index (χ0n) is 11.1. The van der Waals surface area contributed by atoms with Gasteiger partial charge in [-0.05, 0) is 30.5 Å². The molecule has 5 nitrogen and oxygen atoms in total. The van der Waals surface area contributed by atoms with Gasteiger partial charge in [-0.15, -0.1) is 0 Å². The third kappa shape index (κ3) is 5.52. The Kier molecular flexibility index (Phi) is 6.02. The zero-order valence-corrected chi connectivity index (χ0v) is 11.1. The summed E-state index contributed by atoms with van der Waals surface area (Å²) in [7, 11) is 0. The van der Waals surface area contributed by atoms with E-state index in [1.807, 2.05) is 12.1 Å². The maximum Gasteiger partial charge on any atom is 0.303 e. The van der Waals surface area contributed by atoms with Gasteiger partial charge in [0.2, 0.25) is 5.91 Å². The summed E-state index contributed by atoms with van der Waals surface area (Å²) in [5.41, 5.74) is 7.67. The number of hydrogen-bond acceptors (Lipinski definition) is 3. The van der Waals surface area contributed by atoms with Crippen molar-refractivity contribution in [1.29, 1.82) is 0 Å². The minimum absolute atomic E-state index is 0.0292. The molecule has 19 heavy (non-hydrogen) atoms. The van der Waals surface area contributed by atoms with Gasteiger partial charge in [-0.3, -0.25) is 9.59 Å².